The Labute approximate surface area is 163 Å². The van der Waals surface area contributed by atoms with Crippen LogP contribution in [-0.4, -0.2) is 68.7 Å². The summed E-state index contributed by atoms with van der Waals surface area (Å²) in [7, 11) is 2.15. The van der Waals surface area contributed by atoms with Crippen LogP contribution in [0.4, 0.5) is 0 Å². The van der Waals surface area contributed by atoms with Crippen molar-refractivity contribution >= 4 is 5.96 Å². The van der Waals surface area contributed by atoms with Gasteiger partial charge in [0.25, 0.3) is 0 Å². The summed E-state index contributed by atoms with van der Waals surface area (Å²) in [4.78, 5) is 9.77. The van der Waals surface area contributed by atoms with Crippen molar-refractivity contribution in [3.63, 3.8) is 0 Å². The van der Waals surface area contributed by atoms with Crippen molar-refractivity contribution in [2.75, 3.05) is 53.0 Å². The lowest BCUT2D eigenvalue weighted by Gasteiger charge is -2.28. The SMILES string of the molecule is CCNC(=NCC(c1ccco1)N1CCCC1)N(C)CCC1CCOCC1. The molecule has 1 aromatic heterocycles. The van der Waals surface area contributed by atoms with Crippen LogP contribution >= 0.6 is 0 Å². The van der Waals surface area contributed by atoms with Gasteiger partial charge in [0.2, 0.25) is 0 Å². The fourth-order valence-corrected chi connectivity index (χ4v) is 4.08. The fourth-order valence-electron chi connectivity index (χ4n) is 4.08. The minimum absolute atomic E-state index is 0.236. The molecule has 3 rings (SSSR count). The van der Waals surface area contributed by atoms with Crippen molar-refractivity contribution in [1.29, 1.82) is 0 Å². The standard InChI is InChI=1S/C21H36N4O2/c1-3-22-21(24(2)13-8-18-9-15-26-16-10-18)23-17-19(20-7-6-14-27-20)25-11-4-5-12-25/h6-7,14,18-19H,3-5,8-13,15-17H2,1-2H3,(H,22,23). The number of guanidine groups is 1. The molecule has 2 aliphatic heterocycles. The lowest BCUT2D eigenvalue weighted by Crippen LogP contribution is -2.41. The second-order valence-electron chi connectivity index (χ2n) is 7.73. The Morgan fingerprint density at radius 2 is 2.11 bits per heavy atom. The topological polar surface area (TPSA) is 53.2 Å². The van der Waals surface area contributed by atoms with E-state index in [0.717, 1.165) is 63.6 Å². The lowest BCUT2D eigenvalue weighted by molar-refractivity contribution is 0.0625. The van der Waals surface area contributed by atoms with E-state index >= 15 is 0 Å². The molecule has 2 saturated heterocycles. The van der Waals surface area contributed by atoms with Crippen LogP contribution in [-0.2, 0) is 4.74 Å². The Morgan fingerprint density at radius 1 is 1.33 bits per heavy atom. The predicted molar refractivity (Wildman–Crippen MR) is 109 cm³/mol. The zero-order valence-corrected chi connectivity index (χ0v) is 17.0. The molecule has 0 radical (unpaired) electrons. The molecule has 152 valence electrons. The van der Waals surface area contributed by atoms with Crippen LogP contribution in [0.1, 0.15) is 50.8 Å². The Hall–Kier alpha value is -1.53. The van der Waals surface area contributed by atoms with Gasteiger partial charge in [0.15, 0.2) is 5.96 Å². The highest BCUT2D eigenvalue weighted by atomic mass is 16.5. The molecular formula is C21H36N4O2. The molecule has 3 heterocycles. The van der Waals surface area contributed by atoms with E-state index in [1.165, 1.54) is 32.1 Å². The first-order chi connectivity index (χ1) is 13.3. The summed E-state index contributed by atoms with van der Waals surface area (Å²) in [6.45, 7) is 8.89. The van der Waals surface area contributed by atoms with Crippen LogP contribution in [0.3, 0.4) is 0 Å². The zero-order chi connectivity index (χ0) is 18.9. The summed E-state index contributed by atoms with van der Waals surface area (Å²) in [5.41, 5.74) is 0. The van der Waals surface area contributed by atoms with Gasteiger partial charge in [0.1, 0.15) is 5.76 Å². The van der Waals surface area contributed by atoms with Gasteiger partial charge in [-0.1, -0.05) is 0 Å². The highest BCUT2D eigenvalue weighted by Crippen LogP contribution is 2.26. The highest BCUT2D eigenvalue weighted by molar-refractivity contribution is 5.79. The normalized spacial score (nSPS) is 20.7. The molecule has 0 saturated carbocycles. The maximum absolute atomic E-state index is 5.73. The molecule has 1 atom stereocenters. The van der Waals surface area contributed by atoms with Crippen molar-refractivity contribution < 1.29 is 9.15 Å². The number of furan rings is 1. The van der Waals surface area contributed by atoms with E-state index in [1.807, 2.05) is 6.07 Å². The average molecular weight is 377 g/mol. The Kier molecular flexibility index (Phi) is 8.02. The van der Waals surface area contributed by atoms with Gasteiger partial charge in [0, 0.05) is 33.4 Å². The minimum Gasteiger partial charge on any atom is -0.468 e. The van der Waals surface area contributed by atoms with E-state index < -0.39 is 0 Å². The number of nitrogens with one attached hydrogen (secondary N) is 1. The molecule has 0 amide bonds. The van der Waals surface area contributed by atoms with E-state index in [4.69, 9.17) is 14.1 Å². The molecule has 2 aliphatic rings. The van der Waals surface area contributed by atoms with Crippen LogP contribution in [0.5, 0.6) is 0 Å². The van der Waals surface area contributed by atoms with Gasteiger partial charge < -0.3 is 19.4 Å². The summed E-state index contributed by atoms with van der Waals surface area (Å²) in [5.74, 6) is 2.81. The van der Waals surface area contributed by atoms with Crippen LogP contribution in [0.25, 0.3) is 0 Å². The van der Waals surface area contributed by atoms with Gasteiger partial charge in [-0.05, 0) is 70.2 Å². The first-order valence-corrected chi connectivity index (χ1v) is 10.6. The second-order valence-corrected chi connectivity index (χ2v) is 7.73. The van der Waals surface area contributed by atoms with Gasteiger partial charge in [-0.3, -0.25) is 9.89 Å². The van der Waals surface area contributed by atoms with Crippen molar-refractivity contribution in [3.05, 3.63) is 24.2 Å². The van der Waals surface area contributed by atoms with Gasteiger partial charge in [0.05, 0.1) is 18.8 Å². The highest BCUT2D eigenvalue weighted by Gasteiger charge is 2.25. The summed E-state index contributed by atoms with van der Waals surface area (Å²) in [6, 6.07) is 4.30. The van der Waals surface area contributed by atoms with E-state index in [1.54, 1.807) is 6.26 Å². The zero-order valence-electron chi connectivity index (χ0n) is 17.0. The monoisotopic (exact) mass is 376 g/mol. The second kappa shape index (κ2) is 10.7. The lowest BCUT2D eigenvalue weighted by atomic mass is 9.96. The molecule has 1 aromatic rings. The molecule has 1 unspecified atom stereocenters. The molecule has 0 spiro atoms. The molecule has 0 aromatic carbocycles. The Morgan fingerprint density at radius 3 is 2.78 bits per heavy atom. The van der Waals surface area contributed by atoms with Crippen molar-refractivity contribution in [2.45, 2.75) is 45.1 Å². The maximum Gasteiger partial charge on any atom is 0.193 e. The summed E-state index contributed by atoms with van der Waals surface area (Å²) >= 11 is 0. The molecule has 0 bridgehead atoms. The number of likely N-dealkylation sites (tertiary alicyclic amines) is 1. The van der Waals surface area contributed by atoms with E-state index in [-0.39, 0.29) is 6.04 Å². The molecule has 6 heteroatoms. The van der Waals surface area contributed by atoms with Crippen molar-refractivity contribution in [3.8, 4) is 0 Å². The quantitative estimate of drug-likeness (QED) is 0.558. The third-order valence-electron chi connectivity index (χ3n) is 5.78. The number of nitrogens with zero attached hydrogens (tertiary/aromatic N) is 3. The molecule has 1 N–H and O–H groups in total. The van der Waals surface area contributed by atoms with E-state index in [0.29, 0.717) is 0 Å². The van der Waals surface area contributed by atoms with Crippen LogP contribution in [0.2, 0.25) is 0 Å². The number of hydrogen-bond acceptors (Lipinski definition) is 4. The summed E-state index contributed by atoms with van der Waals surface area (Å²) in [6.07, 6.45) is 7.90. The Bertz CT molecular complexity index is 549. The summed E-state index contributed by atoms with van der Waals surface area (Å²) < 4.78 is 11.2. The first-order valence-electron chi connectivity index (χ1n) is 10.6. The maximum atomic E-state index is 5.73. The smallest absolute Gasteiger partial charge is 0.193 e. The van der Waals surface area contributed by atoms with Gasteiger partial charge in [-0.25, -0.2) is 0 Å². The van der Waals surface area contributed by atoms with Crippen molar-refractivity contribution in [2.24, 2.45) is 10.9 Å². The molecule has 6 nitrogen and oxygen atoms in total. The van der Waals surface area contributed by atoms with E-state index in [2.05, 4.69) is 35.2 Å². The van der Waals surface area contributed by atoms with Crippen molar-refractivity contribution in [1.82, 2.24) is 15.1 Å². The summed E-state index contributed by atoms with van der Waals surface area (Å²) in [5, 5.41) is 3.46. The van der Waals surface area contributed by atoms with Gasteiger partial charge in [-0.2, -0.15) is 0 Å². The number of rotatable bonds is 8. The minimum atomic E-state index is 0.236. The Balaban J connectivity index is 1.60. The molecular weight excluding hydrogens is 340 g/mol. The van der Waals surface area contributed by atoms with Crippen LogP contribution < -0.4 is 5.32 Å². The first kappa shape index (κ1) is 20.2. The third-order valence-corrected chi connectivity index (χ3v) is 5.78. The largest absolute Gasteiger partial charge is 0.468 e. The fraction of sp³-hybridized carbons (Fsp3) is 0.762. The van der Waals surface area contributed by atoms with Crippen LogP contribution in [0.15, 0.2) is 27.8 Å². The molecule has 2 fully saturated rings. The molecule has 27 heavy (non-hydrogen) atoms. The number of ether oxygens (including phenoxy) is 1. The van der Waals surface area contributed by atoms with E-state index in [9.17, 15) is 0 Å². The molecule has 0 aliphatic carbocycles. The third kappa shape index (κ3) is 5.98. The number of aliphatic imine (C=N–C) groups is 1. The van der Waals surface area contributed by atoms with Gasteiger partial charge in [-0.15, -0.1) is 0 Å². The van der Waals surface area contributed by atoms with Crippen LogP contribution in [0, 0.1) is 5.92 Å². The number of hydrogen-bond donors (Lipinski definition) is 1. The average Bonchev–Trinajstić information content (AvgIpc) is 3.41. The van der Waals surface area contributed by atoms with Gasteiger partial charge >= 0.3 is 0 Å². The predicted octanol–water partition coefficient (Wildman–Crippen LogP) is 3.13.